The molecular formula is C25H26ClN3O3. The van der Waals surface area contributed by atoms with Gasteiger partial charge in [0.05, 0.1) is 23.9 Å². The van der Waals surface area contributed by atoms with Gasteiger partial charge in [-0.1, -0.05) is 54.4 Å². The van der Waals surface area contributed by atoms with Crippen LogP contribution in [0.1, 0.15) is 37.2 Å². The highest BCUT2D eigenvalue weighted by atomic mass is 35.5. The Hall–Kier alpha value is -3.25. The average molecular weight is 452 g/mol. The first-order chi connectivity index (χ1) is 15.5. The lowest BCUT2D eigenvalue weighted by Gasteiger charge is -2.28. The van der Waals surface area contributed by atoms with E-state index in [9.17, 15) is 9.59 Å². The Balaban J connectivity index is 1.73. The normalized spacial score (nSPS) is 20.4. The number of rotatable bonds is 2. The van der Waals surface area contributed by atoms with Gasteiger partial charge in [0, 0.05) is 29.8 Å². The Morgan fingerprint density at radius 1 is 1.19 bits per heavy atom. The first-order valence-electron chi connectivity index (χ1n) is 10.7. The summed E-state index contributed by atoms with van der Waals surface area (Å²) in [5.41, 5.74) is 4.33. The molecule has 2 atom stereocenters. The number of carbonyl (C=O) groups excluding carboxylic acids is 2. The SMILES string of the molecule is COC(=O)Nc1ccc2c(c1)NC(=O)CCCCC(C1C=CC(Cl)=CN1)c1cccc-2c1. The zero-order valence-electron chi connectivity index (χ0n) is 17.9. The molecule has 4 rings (SSSR count). The highest BCUT2D eigenvalue weighted by Crippen LogP contribution is 2.36. The van der Waals surface area contributed by atoms with Gasteiger partial charge in [0.2, 0.25) is 5.91 Å². The van der Waals surface area contributed by atoms with Gasteiger partial charge < -0.3 is 15.4 Å². The third kappa shape index (κ3) is 5.14. The second-order valence-electron chi connectivity index (χ2n) is 7.98. The molecule has 3 N–H and O–H groups in total. The summed E-state index contributed by atoms with van der Waals surface area (Å²) >= 11 is 6.09. The van der Waals surface area contributed by atoms with Gasteiger partial charge in [0.15, 0.2) is 0 Å². The highest BCUT2D eigenvalue weighted by molar-refractivity contribution is 6.31. The van der Waals surface area contributed by atoms with Crippen molar-refractivity contribution in [3.05, 3.63) is 71.4 Å². The maximum Gasteiger partial charge on any atom is 0.411 e. The molecule has 32 heavy (non-hydrogen) atoms. The third-order valence-electron chi connectivity index (χ3n) is 5.83. The molecule has 0 saturated carbocycles. The van der Waals surface area contributed by atoms with Crippen molar-refractivity contribution in [3.8, 4) is 11.1 Å². The Kier molecular flexibility index (Phi) is 6.81. The van der Waals surface area contributed by atoms with Crippen molar-refractivity contribution in [2.75, 3.05) is 17.7 Å². The zero-order valence-corrected chi connectivity index (χ0v) is 18.6. The fourth-order valence-electron chi connectivity index (χ4n) is 4.22. The summed E-state index contributed by atoms with van der Waals surface area (Å²) in [5.74, 6) is 0.207. The molecule has 2 aliphatic rings. The lowest BCUT2D eigenvalue weighted by molar-refractivity contribution is -0.116. The number of fused-ring (bicyclic) bond motifs is 4. The summed E-state index contributed by atoms with van der Waals surface area (Å²) in [7, 11) is 1.31. The van der Waals surface area contributed by atoms with Crippen LogP contribution in [0.5, 0.6) is 0 Å². The van der Waals surface area contributed by atoms with E-state index >= 15 is 0 Å². The highest BCUT2D eigenvalue weighted by Gasteiger charge is 2.23. The van der Waals surface area contributed by atoms with Crippen LogP contribution in [0, 0.1) is 0 Å². The number of benzene rings is 2. The maximum absolute atomic E-state index is 12.6. The Morgan fingerprint density at radius 2 is 2.06 bits per heavy atom. The average Bonchev–Trinajstić information content (AvgIpc) is 2.79. The van der Waals surface area contributed by atoms with E-state index in [1.54, 1.807) is 12.1 Å². The summed E-state index contributed by atoms with van der Waals surface area (Å²) in [4.78, 5) is 24.3. The fraction of sp³-hybridized carbons (Fsp3) is 0.280. The van der Waals surface area contributed by atoms with Gasteiger partial charge in [-0.2, -0.15) is 0 Å². The molecule has 2 amide bonds. The van der Waals surface area contributed by atoms with Crippen molar-refractivity contribution < 1.29 is 14.3 Å². The van der Waals surface area contributed by atoms with E-state index in [1.165, 1.54) is 12.7 Å². The minimum absolute atomic E-state index is 0.0415. The Morgan fingerprint density at radius 3 is 2.84 bits per heavy atom. The summed E-state index contributed by atoms with van der Waals surface area (Å²) in [6.07, 6.45) is 8.44. The van der Waals surface area contributed by atoms with Crippen LogP contribution >= 0.6 is 11.6 Å². The first kappa shape index (κ1) is 22.0. The second-order valence-corrected chi connectivity index (χ2v) is 8.42. The standard InChI is InChI=1S/C25H26ClN3O3/c1-32-25(31)28-19-10-11-21-17-6-4-5-16(13-17)20(22-12-9-18(26)15-27-22)7-2-3-8-24(30)29-23(21)14-19/h4-6,9-15,20,22,27H,2-3,7-8H2,1H3,(H,28,31)(H,29,30). The minimum atomic E-state index is -0.559. The number of anilines is 2. The van der Waals surface area contributed by atoms with E-state index in [4.69, 9.17) is 11.6 Å². The van der Waals surface area contributed by atoms with Gasteiger partial charge in [0.25, 0.3) is 0 Å². The fourth-order valence-corrected chi connectivity index (χ4v) is 4.36. The topological polar surface area (TPSA) is 79.5 Å². The van der Waals surface area contributed by atoms with Gasteiger partial charge in [-0.15, -0.1) is 0 Å². The second kappa shape index (κ2) is 9.92. The molecule has 2 unspecified atom stereocenters. The maximum atomic E-state index is 12.6. The van der Waals surface area contributed by atoms with Crippen molar-refractivity contribution in [2.45, 2.75) is 37.6 Å². The van der Waals surface area contributed by atoms with Crippen LogP contribution in [0.3, 0.4) is 0 Å². The van der Waals surface area contributed by atoms with Crippen molar-refractivity contribution >= 4 is 35.0 Å². The Labute approximate surface area is 192 Å². The van der Waals surface area contributed by atoms with Gasteiger partial charge in [-0.05, 0) is 42.2 Å². The molecule has 0 radical (unpaired) electrons. The largest absolute Gasteiger partial charge is 0.453 e. The monoisotopic (exact) mass is 451 g/mol. The van der Waals surface area contributed by atoms with E-state index in [0.29, 0.717) is 22.8 Å². The number of carbonyl (C=O) groups is 2. The van der Waals surface area contributed by atoms with E-state index in [-0.39, 0.29) is 17.9 Å². The lowest BCUT2D eigenvalue weighted by atomic mass is 9.84. The van der Waals surface area contributed by atoms with Crippen molar-refractivity contribution in [2.24, 2.45) is 0 Å². The molecule has 0 saturated heterocycles. The van der Waals surface area contributed by atoms with Gasteiger partial charge in [-0.25, -0.2) is 4.79 Å². The molecule has 0 fully saturated rings. The van der Waals surface area contributed by atoms with Gasteiger partial charge in [-0.3, -0.25) is 10.1 Å². The predicted molar refractivity (Wildman–Crippen MR) is 128 cm³/mol. The molecule has 2 aliphatic heterocycles. The number of nitrogens with one attached hydrogen (secondary N) is 3. The van der Waals surface area contributed by atoms with E-state index in [0.717, 1.165) is 30.4 Å². The van der Waals surface area contributed by atoms with Crippen LogP contribution in [0.2, 0.25) is 0 Å². The third-order valence-corrected chi connectivity index (χ3v) is 6.07. The van der Waals surface area contributed by atoms with Crippen molar-refractivity contribution in [1.82, 2.24) is 5.32 Å². The smallest absolute Gasteiger partial charge is 0.411 e. The molecule has 2 heterocycles. The van der Waals surface area contributed by atoms with Gasteiger partial charge >= 0.3 is 6.09 Å². The number of amides is 2. The lowest BCUT2D eigenvalue weighted by Crippen LogP contribution is -2.31. The van der Waals surface area contributed by atoms with E-state index in [2.05, 4.69) is 38.9 Å². The molecule has 2 aromatic carbocycles. The van der Waals surface area contributed by atoms with E-state index in [1.807, 2.05) is 30.5 Å². The molecule has 6 nitrogen and oxygen atoms in total. The molecular weight excluding hydrogens is 426 g/mol. The molecule has 166 valence electrons. The van der Waals surface area contributed by atoms with Crippen molar-refractivity contribution in [3.63, 3.8) is 0 Å². The number of ether oxygens (including phenoxy) is 1. The number of hydrogen-bond donors (Lipinski definition) is 3. The minimum Gasteiger partial charge on any atom is -0.453 e. The Bertz CT molecular complexity index is 1080. The number of halogens is 1. The number of hydrogen-bond acceptors (Lipinski definition) is 4. The summed E-state index contributed by atoms with van der Waals surface area (Å²) < 4.78 is 4.68. The van der Waals surface area contributed by atoms with Crippen LogP contribution < -0.4 is 16.0 Å². The summed E-state index contributed by atoms with van der Waals surface area (Å²) in [5, 5.41) is 9.77. The molecule has 0 spiro atoms. The van der Waals surface area contributed by atoms with Crippen LogP contribution in [0.15, 0.2) is 65.8 Å². The quantitative estimate of drug-likeness (QED) is 0.544. The molecule has 2 bridgehead atoms. The summed E-state index contributed by atoms with van der Waals surface area (Å²) in [6.45, 7) is 0. The summed E-state index contributed by atoms with van der Waals surface area (Å²) in [6, 6.07) is 14.0. The first-order valence-corrected chi connectivity index (χ1v) is 11.1. The van der Waals surface area contributed by atoms with Crippen LogP contribution in [0.4, 0.5) is 16.2 Å². The van der Waals surface area contributed by atoms with Gasteiger partial charge in [0.1, 0.15) is 0 Å². The molecule has 0 aromatic heterocycles. The van der Waals surface area contributed by atoms with E-state index < -0.39 is 6.09 Å². The van der Waals surface area contributed by atoms with Crippen LogP contribution in [-0.4, -0.2) is 25.2 Å². The zero-order chi connectivity index (χ0) is 22.5. The number of methoxy groups -OCH3 is 1. The molecule has 0 aliphatic carbocycles. The number of allylic oxidation sites excluding steroid dienone is 2. The van der Waals surface area contributed by atoms with Crippen molar-refractivity contribution in [1.29, 1.82) is 0 Å². The molecule has 7 heteroatoms. The van der Waals surface area contributed by atoms with Crippen LogP contribution in [-0.2, 0) is 9.53 Å². The predicted octanol–water partition coefficient (Wildman–Crippen LogP) is 5.74. The van der Waals surface area contributed by atoms with Crippen LogP contribution in [0.25, 0.3) is 11.1 Å². The molecule has 2 aromatic rings. The number of dihydropyridines is 1.